The Kier molecular flexibility index (Phi) is 3.91. The smallest absolute Gasteiger partial charge is 0.212 e. The molecule has 1 aromatic heterocycles. The van der Waals surface area contributed by atoms with E-state index in [1.807, 2.05) is 11.8 Å². The largest absolute Gasteiger partial charge is 0.335 e. The third-order valence-electron chi connectivity index (χ3n) is 5.28. The number of aryl methyl sites for hydroxylation is 1. The van der Waals surface area contributed by atoms with E-state index in [2.05, 4.69) is 102 Å². The van der Waals surface area contributed by atoms with E-state index in [-0.39, 0.29) is 0 Å². The van der Waals surface area contributed by atoms with Crippen LogP contribution in [0.4, 0.5) is 5.69 Å². The maximum atomic E-state index is 2.45. The molecular weight excluding hydrogens is 348 g/mol. The summed E-state index contributed by atoms with van der Waals surface area (Å²) < 4.78 is 2.18. The van der Waals surface area contributed by atoms with Crippen molar-refractivity contribution in [3.8, 4) is 0 Å². The zero-order chi connectivity index (χ0) is 18.4. The second-order valence-corrected chi connectivity index (χ2v) is 7.92. The molecule has 5 rings (SSSR count). The summed E-state index contributed by atoms with van der Waals surface area (Å²) in [6.07, 6.45) is 4.48. The van der Waals surface area contributed by atoms with Crippen molar-refractivity contribution in [2.24, 2.45) is 7.05 Å². The highest BCUT2D eigenvalue weighted by molar-refractivity contribution is 8.04. The van der Waals surface area contributed by atoms with Crippen LogP contribution in [-0.2, 0) is 7.05 Å². The van der Waals surface area contributed by atoms with Crippen molar-refractivity contribution < 1.29 is 4.57 Å². The number of rotatable bonds is 2. The molecule has 2 nitrogen and oxygen atoms in total. The van der Waals surface area contributed by atoms with Gasteiger partial charge in [0.2, 0.25) is 5.52 Å². The Morgan fingerprint density at radius 2 is 1.70 bits per heavy atom. The van der Waals surface area contributed by atoms with E-state index in [1.165, 1.54) is 42.9 Å². The number of para-hydroxylation sites is 1. The average molecular weight is 370 g/mol. The highest BCUT2D eigenvalue weighted by Gasteiger charge is 2.26. The van der Waals surface area contributed by atoms with E-state index in [1.54, 1.807) is 0 Å². The molecule has 0 saturated carbocycles. The van der Waals surface area contributed by atoms with E-state index in [0.717, 1.165) is 6.54 Å². The number of hydrogen-bond acceptors (Lipinski definition) is 2. The molecule has 0 radical (unpaired) electrons. The van der Waals surface area contributed by atoms with Crippen molar-refractivity contribution >= 4 is 45.2 Å². The lowest BCUT2D eigenvalue weighted by Gasteiger charge is -2.20. The first-order valence-corrected chi connectivity index (χ1v) is 10.1. The lowest BCUT2D eigenvalue weighted by Crippen LogP contribution is -2.28. The molecule has 0 fully saturated rings. The van der Waals surface area contributed by atoms with Crippen molar-refractivity contribution in [3.05, 3.63) is 83.5 Å². The maximum absolute atomic E-state index is 2.45. The van der Waals surface area contributed by atoms with Crippen LogP contribution in [-0.4, -0.2) is 6.54 Å². The van der Waals surface area contributed by atoms with Gasteiger partial charge in [-0.3, -0.25) is 0 Å². The molecule has 4 aromatic rings. The van der Waals surface area contributed by atoms with Crippen LogP contribution >= 0.6 is 11.8 Å². The highest BCUT2D eigenvalue weighted by Crippen LogP contribution is 2.49. The van der Waals surface area contributed by atoms with Gasteiger partial charge < -0.3 is 4.90 Å². The number of thioether (sulfide) groups is 1. The topological polar surface area (TPSA) is 7.12 Å². The fraction of sp³-hybridized carbons (Fsp3) is 0.125. The molecule has 0 spiro atoms. The molecule has 0 unspecified atom stereocenters. The van der Waals surface area contributed by atoms with Crippen LogP contribution in [0.2, 0.25) is 0 Å². The molecule has 3 aromatic carbocycles. The number of nitrogens with zero attached hydrogens (tertiary/aromatic N) is 2. The van der Waals surface area contributed by atoms with Gasteiger partial charge >= 0.3 is 0 Å². The first kappa shape index (κ1) is 16.4. The molecule has 0 atom stereocenters. The summed E-state index contributed by atoms with van der Waals surface area (Å²) in [7, 11) is 2.10. The van der Waals surface area contributed by atoms with Crippen LogP contribution in [0.5, 0.6) is 0 Å². The van der Waals surface area contributed by atoms with E-state index in [4.69, 9.17) is 0 Å². The van der Waals surface area contributed by atoms with Gasteiger partial charge in [-0.2, -0.15) is 0 Å². The first-order valence-electron chi connectivity index (χ1n) is 9.32. The fourth-order valence-corrected chi connectivity index (χ4v) is 5.14. The molecule has 3 heteroatoms. The molecule has 1 aliphatic rings. The summed E-state index contributed by atoms with van der Waals surface area (Å²) in [6, 6.07) is 24.0. The summed E-state index contributed by atoms with van der Waals surface area (Å²) in [6.45, 7) is 3.19. The van der Waals surface area contributed by atoms with Crippen LogP contribution in [0.15, 0.2) is 82.9 Å². The van der Waals surface area contributed by atoms with Crippen LogP contribution in [0, 0.1) is 0 Å². The summed E-state index contributed by atoms with van der Waals surface area (Å²) in [5.74, 6) is 0. The lowest BCUT2D eigenvalue weighted by molar-refractivity contribution is -0.644. The Bertz CT molecular complexity index is 1210. The van der Waals surface area contributed by atoms with Crippen LogP contribution in [0.3, 0.4) is 0 Å². The van der Waals surface area contributed by atoms with Gasteiger partial charge in [-0.25, -0.2) is 4.57 Å². The third kappa shape index (κ3) is 2.62. The van der Waals surface area contributed by atoms with E-state index < -0.39 is 0 Å². The van der Waals surface area contributed by atoms with Gasteiger partial charge in [-0.05, 0) is 36.1 Å². The van der Waals surface area contributed by atoms with Crippen LogP contribution in [0.1, 0.15) is 12.5 Å². The summed E-state index contributed by atoms with van der Waals surface area (Å²) in [5, 5.41) is 5.21. The second kappa shape index (κ2) is 6.43. The van der Waals surface area contributed by atoms with Gasteiger partial charge in [0.25, 0.3) is 0 Å². The number of anilines is 1. The zero-order valence-corrected chi connectivity index (χ0v) is 16.3. The number of pyridine rings is 1. The van der Waals surface area contributed by atoms with E-state index in [0.29, 0.717) is 0 Å². The van der Waals surface area contributed by atoms with Crippen LogP contribution < -0.4 is 9.47 Å². The minimum atomic E-state index is 0.957. The minimum Gasteiger partial charge on any atom is -0.335 e. The fourth-order valence-electron chi connectivity index (χ4n) is 3.94. The summed E-state index contributed by atoms with van der Waals surface area (Å²) in [5.41, 5.74) is 3.86. The third-order valence-corrected chi connectivity index (χ3v) is 6.38. The number of benzene rings is 3. The Labute approximate surface area is 163 Å². The molecular formula is C24H21N2S+. The Balaban J connectivity index is 1.68. The quantitative estimate of drug-likeness (QED) is 0.415. The van der Waals surface area contributed by atoms with Gasteiger partial charge in [0, 0.05) is 29.0 Å². The molecule has 0 amide bonds. The predicted octanol–water partition coefficient (Wildman–Crippen LogP) is 5.75. The summed E-state index contributed by atoms with van der Waals surface area (Å²) in [4.78, 5) is 3.79. The summed E-state index contributed by atoms with van der Waals surface area (Å²) >= 11 is 1.87. The van der Waals surface area contributed by atoms with Crippen molar-refractivity contribution in [1.29, 1.82) is 0 Å². The molecule has 1 aliphatic heterocycles. The average Bonchev–Trinajstić information content (AvgIpc) is 3.08. The SMILES string of the molecule is CCN1/C(=C\c2cc[n+](C)c3ccccc23)Sc2ccc3ccccc3c21. The molecule has 2 heterocycles. The zero-order valence-electron chi connectivity index (χ0n) is 15.5. The first-order chi connectivity index (χ1) is 13.3. The van der Waals surface area contributed by atoms with Gasteiger partial charge in [0.15, 0.2) is 6.20 Å². The van der Waals surface area contributed by atoms with Crippen molar-refractivity contribution in [1.82, 2.24) is 0 Å². The molecule has 0 aliphatic carbocycles. The second-order valence-electron chi connectivity index (χ2n) is 6.86. The number of fused-ring (bicyclic) bond motifs is 4. The van der Waals surface area contributed by atoms with Gasteiger partial charge in [0.1, 0.15) is 7.05 Å². The Morgan fingerprint density at radius 1 is 0.926 bits per heavy atom. The Hall–Kier alpha value is -2.78. The molecule has 0 bridgehead atoms. The lowest BCUT2D eigenvalue weighted by atomic mass is 10.1. The maximum Gasteiger partial charge on any atom is 0.212 e. The van der Waals surface area contributed by atoms with E-state index in [9.17, 15) is 0 Å². The van der Waals surface area contributed by atoms with Gasteiger partial charge in [0.05, 0.1) is 16.1 Å². The highest BCUT2D eigenvalue weighted by atomic mass is 32.2. The molecule has 27 heavy (non-hydrogen) atoms. The number of hydrogen-bond donors (Lipinski definition) is 0. The van der Waals surface area contributed by atoms with Crippen molar-refractivity contribution in [2.75, 3.05) is 11.4 Å². The molecule has 132 valence electrons. The standard InChI is InChI=1S/C24H21N2S/c1-3-26-23(16-18-14-15-25(2)21-11-7-6-9-19(18)21)27-22-13-12-17-8-4-5-10-20(17)24(22)26/h4-16H,3H2,1-2H3/q+1. The molecule has 0 saturated heterocycles. The van der Waals surface area contributed by atoms with E-state index >= 15 is 0 Å². The Morgan fingerprint density at radius 3 is 2.56 bits per heavy atom. The van der Waals surface area contributed by atoms with Crippen molar-refractivity contribution in [2.45, 2.75) is 11.8 Å². The molecule has 0 N–H and O–H groups in total. The monoisotopic (exact) mass is 369 g/mol. The normalized spacial score (nSPS) is 15.0. The predicted molar refractivity (Wildman–Crippen MR) is 116 cm³/mol. The van der Waals surface area contributed by atoms with Crippen LogP contribution in [0.25, 0.3) is 27.8 Å². The van der Waals surface area contributed by atoms with Crippen molar-refractivity contribution in [3.63, 3.8) is 0 Å². The minimum absolute atomic E-state index is 0.957. The van der Waals surface area contributed by atoms with Gasteiger partial charge in [-0.1, -0.05) is 54.2 Å². The van der Waals surface area contributed by atoms with Gasteiger partial charge in [-0.15, -0.1) is 0 Å². The number of aromatic nitrogens is 1.